The molecule has 0 aromatic heterocycles. The minimum Gasteiger partial charge on any atom is -0.265 e. The summed E-state index contributed by atoms with van der Waals surface area (Å²) < 4.78 is 84.0. The molecule has 0 aliphatic heterocycles. The highest BCUT2D eigenvalue weighted by Gasteiger charge is 2.68. The van der Waals surface area contributed by atoms with Crippen LogP contribution >= 0.6 is 0 Å². The summed E-state index contributed by atoms with van der Waals surface area (Å²) in [6.07, 6.45) is -5.68. The standard InChI is InChI=1S/C6H9F5O3S/c1-2-3-4-14-15(12,13)6(10,11)5(7,8)9/h2-4H2,1H3. The Morgan fingerprint density at radius 2 is 1.60 bits per heavy atom. The van der Waals surface area contributed by atoms with Gasteiger partial charge in [0.1, 0.15) is 0 Å². The Hall–Kier alpha value is -0.440. The fraction of sp³-hybridized carbons (Fsp3) is 1.00. The molecule has 92 valence electrons. The number of halogens is 5. The van der Waals surface area contributed by atoms with E-state index >= 15 is 0 Å². The molecule has 0 radical (unpaired) electrons. The van der Waals surface area contributed by atoms with Crippen molar-refractivity contribution in [3.8, 4) is 0 Å². The molecule has 0 amide bonds. The van der Waals surface area contributed by atoms with E-state index < -0.39 is 28.2 Å². The number of hydrogen-bond donors (Lipinski definition) is 0. The van der Waals surface area contributed by atoms with Crippen LogP contribution in [-0.4, -0.2) is 26.5 Å². The molecule has 0 unspecified atom stereocenters. The zero-order valence-electron chi connectivity index (χ0n) is 7.64. The Labute approximate surface area is 83.3 Å². The predicted octanol–water partition coefficient (Wildman–Crippen LogP) is 2.29. The first-order valence-electron chi connectivity index (χ1n) is 3.89. The van der Waals surface area contributed by atoms with E-state index in [1.165, 1.54) is 0 Å². The van der Waals surface area contributed by atoms with E-state index in [0.717, 1.165) is 0 Å². The highest BCUT2D eigenvalue weighted by molar-refractivity contribution is 7.87. The maximum Gasteiger partial charge on any atom is 0.472 e. The molecule has 0 aromatic carbocycles. The van der Waals surface area contributed by atoms with Crippen LogP contribution in [0.1, 0.15) is 19.8 Å². The van der Waals surface area contributed by atoms with Crippen molar-refractivity contribution in [2.24, 2.45) is 0 Å². The van der Waals surface area contributed by atoms with Gasteiger partial charge in [-0.15, -0.1) is 0 Å². The van der Waals surface area contributed by atoms with Crippen LogP contribution in [0.25, 0.3) is 0 Å². The van der Waals surface area contributed by atoms with E-state index in [9.17, 15) is 30.4 Å². The van der Waals surface area contributed by atoms with Crippen LogP contribution in [0.3, 0.4) is 0 Å². The van der Waals surface area contributed by atoms with Gasteiger partial charge in [0.15, 0.2) is 0 Å². The minimum absolute atomic E-state index is 0.0766. The Morgan fingerprint density at radius 1 is 1.13 bits per heavy atom. The van der Waals surface area contributed by atoms with Gasteiger partial charge in [0.2, 0.25) is 0 Å². The van der Waals surface area contributed by atoms with Crippen LogP contribution in [0.2, 0.25) is 0 Å². The minimum atomic E-state index is -6.17. The van der Waals surface area contributed by atoms with Gasteiger partial charge in [-0.25, -0.2) is 0 Å². The van der Waals surface area contributed by atoms with Crippen LogP contribution in [0.4, 0.5) is 22.0 Å². The zero-order valence-corrected chi connectivity index (χ0v) is 8.46. The van der Waals surface area contributed by atoms with Crippen molar-refractivity contribution in [2.75, 3.05) is 6.61 Å². The Kier molecular flexibility index (Phi) is 4.47. The van der Waals surface area contributed by atoms with Gasteiger partial charge in [0.25, 0.3) is 0 Å². The average Bonchev–Trinajstić information content (AvgIpc) is 2.02. The quantitative estimate of drug-likeness (QED) is 0.430. The molecule has 0 aliphatic rings. The van der Waals surface area contributed by atoms with Crippen molar-refractivity contribution in [2.45, 2.75) is 31.2 Å². The first kappa shape index (κ1) is 14.6. The molecule has 15 heavy (non-hydrogen) atoms. The van der Waals surface area contributed by atoms with Gasteiger partial charge in [-0.05, 0) is 6.42 Å². The van der Waals surface area contributed by atoms with E-state index in [4.69, 9.17) is 0 Å². The maximum atomic E-state index is 12.3. The van der Waals surface area contributed by atoms with Crippen molar-refractivity contribution >= 4 is 10.1 Å². The number of hydrogen-bond acceptors (Lipinski definition) is 3. The van der Waals surface area contributed by atoms with Crippen molar-refractivity contribution in [1.29, 1.82) is 0 Å². The lowest BCUT2D eigenvalue weighted by molar-refractivity contribution is -0.244. The second-order valence-electron chi connectivity index (χ2n) is 2.64. The molecule has 9 heteroatoms. The van der Waals surface area contributed by atoms with Crippen LogP contribution < -0.4 is 0 Å². The van der Waals surface area contributed by atoms with Crippen LogP contribution in [0.5, 0.6) is 0 Å². The van der Waals surface area contributed by atoms with Gasteiger partial charge in [-0.3, -0.25) is 4.18 Å². The fourth-order valence-corrected chi connectivity index (χ4v) is 1.30. The summed E-state index contributed by atoms with van der Waals surface area (Å²) in [6.45, 7) is 0.905. The molecular formula is C6H9F5O3S. The second kappa shape index (κ2) is 4.60. The summed E-state index contributed by atoms with van der Waals surface area (Å²) in [7, 11) is -5.95. The molecule has 0 saturated heterocycles. The lowest BCUT2D eigenvalue weighted by Crippen LogP contribution is -2.44. The van der Waals surface area contributed by atoms with Gasteiger partial charge in [0.05, 0.1) is 6.61 Å². The highest BCUT2D eigenvalue weighted by atomic mass is 32.2. The molecule has 0 spiro atoms. The molecule has 0 N–H and O–H groups in total. The third-order valence-electron chi connectivity index (χ3n) is 1.38. The molecule has 3 nitrogen and oxygen atoms in total. The van der Waals surface area contributed by atoms with Crippen LogP contribution in [-0.2, 0) is 14.3 Å². The molecule has 0 heterocycles. The molecule has 0 aliphatic carbocycles. The molecule has 0 rings (SSSR count). The molecule has 0 bridgehead atoms. The Bertz CT molecular complexity index is 294. The van der Waals surface area contributed by atoms with Gasteiger partial charge >= 0.3 is 21.5 Å². The van der Waals surface area contributed by atoms with Gasteiger partial charge in [-0.2, -0.15) is 30.4 Å². The summed E-state index contributed by atoms with van der Waals surface area (Å²) in [6, 6.07) is 0. The molecule has 0 fully saturated rings. The largest absolute Gasteiger partial charge is 0.472 e. The molecule has 0 saturated carbocycles. The van der Waals surface area contributed by atoms with Crippen LogP contribution in [0, 0.1) is 0 Å². The summed E-state index contributed by atoms with van der Waals surface area (Å²) in [5.41, 5.74) is 0. The topological polar surface area (TPSA) is 43.4 Å². The monoisotopic (exact) mass is 256 g/mol. The van der Waals surface area contributed by atoms with Crippen molar-refractivity contribution in [3.05, 3.63) is 0 Å². The Morgan fingerprint density at radius 3 is 1.93 bits per heavy atom. The van der Waals surface area contributed by atoms with Crippen LogP contribution in [0.15, 0.2) is 0 Å². The van der Waals surface area contributed by atoms with E-state index in [2.05, 4.69) is 4.18 Å². The van der Waals surface area contributed by atoms with Crippen molar-refractivity contribution in [1.82, 2.24) is 0 Å². The lowest BCUT2D eigenvalue weighted by atomic mass is 10.4. The van der Waals surface area contributed by atoms with Gasteiger partial charge in [0, 0.05) is 0 Å². The summed E-state index contributed by atoms with van der Waals surface area (Å²) >= 11 is 0. The van der Waals surface area contributed by atoms with Crippen molar-refractivity contribution < 1.29 is 34.6 Å². The highest BCUT2D eigenvalue weighted by Crippen LogP contribution is 2.40. The average molecular weight is 256 g/mol. The van der Waals surface area contributed by atoms with Crippen molar-refractivity contribution in [3.63, 3.8) is 0 Å². The number of unbranched alkanes of at least 4 members (excludes halogenated alkanes) is 1. The number of alkyl halides is 5. The fourth-order valence-electron chi connectivity index (χ4n) is 0.529. The maximum absolute atomic E-state index is 12.3. The first-order valence-corrected chi connectivity index (χ1v) is 5.30. The lowest BCUT2D eigenvalue weighted by Gasteiger charge is -2.18. The predicted molar refractivity (Wildman–Crippen MR) is 40.8 cm³/mol. The SMILES string of the molecule is CCCCOS(=O)(=O)C(F)(F)C(F)(F)F. The van der Waals surface area contributed by atoms with E-state index in [0.29, 0.717) is 6.42 Å². The van der Waals surface area contributed by atoms with Gasteiger partial charge < -0.3 is 0 Å². The second-order valence-corrected chi connectivity index (χ2v) is 4.30. The first-order chi connectivity index (χ1) is 6.56. The number of rotatable bonds is 5. The van der Waals surface area contributed by atoms with E-state index in [-0.39, 0.29) is 6.42 Å². The van der Waals surface area contributed by atoms with E-state index in [1.807, 2.05) is 0 Å². The molecular weight excluding hydrogens is 247 g/mol. The normalized spacial score (nSPS) is 14.3. The molecule has 0 aromatic rings. The third-order valence-corrected chi connectivity index (χ3v) is 2.72. The van der Waals surface area contributed by atoms with E-state index in [1.54, 1.807) is 6.92 Å². The smallest absolute Gasteiger partial charge is 0.265 e. The third kappa shape index (κ3) is 3.26. The molecule has 0 atom stereocenters. The van der Waals surface area contributed by atoms with Gasteiger partial charge in [-0.1, -0.05) is 13.3 Å². The zero-order chi connectivity index (χ0) is 12.3. The Balaban J connectivity index is 4.73. The summed E-state index contributed by atoms with van der Waals surface area (Å²) in [4.78, 5) is 0. The summed E-state index contributed by atoms with van der Waals surface area (Å²) in [5, 5.41) is -5.87. The summed E-state index contributed by atoms with van der Waals surface area (Å²) in [5.74, 6) is 0.